The van der Waals surface area contributed by atoms with E-state index in [1.165, 1.54) is 10.5 Å². The molecule has 5 heteroatoms. The molecule has 128 valence electrons. The van der Waals surface area contributed by atoms with Crippen molar-refractivity contribution < 1.29 is 14.4 Å². The van der Waals surface area contributed by atoms with Gasteiger partial charge in [-0.15, -0.1) is 0 Å². The summed E-state index contributed by atoms with van der Waals surface area (Å²) in [4.78, 5) is 36.9. The van der Waals surface area contributed by atoms with Gasteiger partial charge in [0.15, 0.2) is 0 Å². The first-order valence-electron chi connectivity index (χ1n) is 8.35. The van der Waals surface area contributed by atoms with Gasteiger partial charge in [-0.25, -0.2) is 0 Å². The second kappa shape index (κ2) is 7.30. The van der Waals surface area contributed by atoms with Gasteiger partial charge in [-0.3, -0.25) is 19.3 Å². The third-order valence-corrected chi connectivity index (χ3v) is 4.38. The van der Waals surface area contributed by atoms with E-state index in [-0.39, 0.29) is 36.5 Å². The largest absolute Gasteiger partial charge is 0.351 e. The lowest BCUT2D eigenvalue weighted by Gasteiger charge is -2.15. The number of benzene rings is 2. The Morgan fingerprint density at radius 3 is 2.20 bits per heavy atom. The number of amides is 3. The molecule has 0 saturated carbocycles. The number of rotatable bonds is 5. The topological polar surface area (TPSA) is 66.5 Å². The molecule has 0 aliphatic carbocycles. The highest BCUT2D eigenvalue weighted by Gasteiger charge is 2.30. The maximum absolute atomic E-state index is 12.3. The summed E-state index contributed by atoms with van der Waals surface area (Å²) >= 11 is 0. The molecule has 1 aliphatic rings. The van der Waals surface area contributed by atoms with E-state index < -0.39 is 0 Å². The third kappa shape index (κ3) is 3.76. The molecule has 25 heavy (non-hydrogen) atoms. The molecule has 2 aromatic rings. The SMILES string of the molecule is C[C@H](CNC(=O)c1ccc(N2C(=O)CCC2=O)cc1)c1ccccc1. The van der Waals surface area contributed by atoms with E-state index in [9.17, 15) is 14.4 Å². The molecule has 1 aliphatic heterocycles. The van der Waals surface area contributed by atoms with Gasteiger partial charge < -0.3 is 5.32 Å². The lowest BCUT2D eigenvalue weighted by atomic mass is 10.0. The monoisotopic (exact) mass is 336 g/mol. The molecule has 0 spiro atoms. The molecule has 3 amide bonds. The van der Waals surface area contributed by atoms with E-state index in [4.69, 9.17) is 0 Å². The fourth-order valence-electron chi connectivity index (χ4n) is 2.87. The lowest BCUT2D eigenvalue weighted by Crippen LogP contribution is -2.29. The number of carbonyl (C=O) groups excluding carboxylic acids is 3. The lowest BCUT2D eigenvalue weighted by molar-refractivity contribution is -0.121. The van der Waals surface area contributed by atoms with Crippen LogP contribution in [0.15, 0.2) is 54.6 Å². The highest BCUT2D eigenvalue weighted by molar-refractivity contribution is 6.19. The molecule has 1 heterocycles. The summed E-state index contributed by atoms with van der Waals surface area (Å²) in [6.07, 6.45) is 0.497. The van der Waals surface area contributed by atoms with Crippen LogP contribution in [-0.4, -0.2) is 24.3 Å². The van der Waals surface area contributed by atoms with E-state index in [1.807, 2.05) is 30.3 Å². The first-order valence-corrected chi connectivity index (χ1v) is 8.35. The number of imide groups is 1. The van der Waals surface area contributed by atoms with Gasteiger partial charge in [0.25, 0.3) is 5.91 Å². The van der Waals surface area contributed by atoms with Gasteiger partial charge in [-0.1, -0.05) is 37.3 Å². The van der Waals surface area contributed by atoms with E-state index >= 15 is 0 Å². The molecule has 5 nitrogen and oxygen atoms in total. The van der Waals surface area contributed by atoms with Crippen LogP contribution in [0, 0.1) is 0 Å². The predicted octanol–water partition coefficient (Wildman–Crippen LogP) is 2.87. The second-order valence-corrected chi connectivity index (χ2v) is 6.19. The quantitative estimate of drug-likeness (QED) is 0.854. The minimum Gasteiger partial charge on any atom is -0.351 e. The smallest absolute Gasteiger partial charge is 0.251 e. The Balaban J connectivity index is 1.61. The zero-order valence-electron chi connectivity index (χ0n) is 14.1. The van der Waals surface area contributed by atoms with Gasteiger partial charge in [0, 0.05) is 24.9 Å². The molecular formula is C20H20N2O3. The van der Waals surface area contributed by atoms with Crippen LogP contribution in [0.25, 0.3) is 0 Å². The molecule has 0 unspecified atom stereocenters. The van der Waals surface area contributed by atoms with Crippen molar-refractivity contribution in [1.29, 1.82) is 0 Å². The molecule has 1 fully saturated rings. The van der Waals surface area contributed by atoms with Crippen LogP contribution in [-0.2, 0) is 9.59 Å². The highest BCUT2D eigenvalue weighted by Crippen LogP contribution is 2.22. The summed E-state index contributed by atoms with van der Waals surface area (Å²) in [6.45, 7) is 2.59. The summed E-state index contributed by atoms with van der Waals surface area (Å²) in [5.74, 6) is -0.351. The zero-order chi connectivity index (χ0) is 17.8. The highest BCUT2D eigenvalue weighted by atomic mass is 16.2. The van der Waals surface area contributed by atoms with Crippen molar-refractivity contribution in [2.45, 2.75) is 25.7 Å². The molecule has 1 atom stereocenters. The molecule has 0 aromatic heterocycles. The van der Waals surface area contributed by atoms with Gasteiger partial charge in [0.1, 0.15) is 0 Å². The third-order valence-electron chi connectivity index (χ3n) is 4.38. The maximum Gasteiger partial charge on any atom is 0.251 e. The molecule has 0 radical (unpaired) electrons. The Labute approximate surface area is 146 Å². The number of hydrogen-bond donors (Lipinski definition) is 1. The van der Waals surface area contributed by atoms with E-state index in [0.29, 0.717) is 17.8 Å². The fraction of sp³-hybridized carbons (Fsp3) is 0.250. The van der Waals surface area contributed by atoms with E-state index in [1.54, 1.807) is 24.3 Å². The normalized spacial score (nSPS) is 15.3. The van der Waals surface area contributed by atoms with Gasteiger partial charge in [-0.2, -0.15) is 0 Å². The van der Waals surface area contributed by atoms with Gasteiger partial charge in [-0.05, 0) is 35.7 Å². The van der Waals surface area contributed by atoms with Crippen LogP contribution in [0.4, 0.5) is 5.69 Å². The van der Waals surface area contributed by atoms with Crippen molar-refractivity contribution in [3.63, 3.8) is 0 Å². The summed E-state index contributed by atoms with van der Waals surface area (Å²) in [5, 5.41) is 2.92. The van der Waals surface area contributed by atoms with Crippen molar-refractivity contribution in [2.24, 2.45) is 0 Å². The Kier molecular flexibility index (Phi) is 4.93. The summed E-state index contributed by atoms with van der Waals surface area (Å²) in [6, 6.07) is 16.5. The fourth-order valence-corrected chi connectivity index (χ4v) is 2.87. The second-order valence-electron chi connectivity index (χ2n) is 6.19. The van der Waals surface area contributed by atoms with Gasteiger partial charge in [0.05, 0.1) is 5.69 Å². The number of anilines is 1. The van der Waals surface area contributed by atoms with E-state index in [2.05, 4.69) is 12.2 Å². The number of hydrogen-bond acceptors (Lipinski definition) is 3. The Hall–Kier alpha value is -2.95. The summed E-state index contributed by atoms with van der Waals surface area (Å²) in [5.41, 5.74) is 2.19. The van der Waals surface area contributed by atoms with Crippen LogP contribution in [0.5, 0.6) is 0 Å². The minimum absolute atomic E-state index is 0.173. The van der Waals surface area contributed by atoms with Crippen molar-refractivity contribution >= 4 is 23.4 Å². The zero-order valence-corrected chi connectivity index (χ0v) is 14.1. The molecule has 2 aromatic carbocycles. The maximum atomic E-state index is 12.3. The number of carbonyl (C=O) groups is 3. The average molecular weight is 336 g/mol. The van der Waals surface area contributed by atoms with Crippen LogP contribution >= 0.6 is 0 Å². The van der Waals surface area contributed by atoms with Crippen molar-refractivity contribution in [1.82, 2.24) is 5.32 Å². The molecule has 1 N–H and O–H groups in total. The van der Waals surface area contributed by atoms with Gasteiger partial charge >= 0.3 is 0 Å². The predicted molar refractivity (Wildman–Crippen MR) is 95.4 cm³/mol. The van der Waals surface area contributed by atoms with Crippen LogP contribution in [0.1, 0.15) is 41.6 Å². The summed E-state index contributed by atoms with van der Waals surface area (Å²) in [7, 11) is 0. The molecular weight excluding hydrogens is 316 g/mol. The van der Waals surface area contributed by atoms with E-state index in [0.717, 1.165) is 0 Å². The first kappa shape index (κ1) is 16.9. The van der Waals surface area contributed by atoms with Crippen molar-refractivity contribution in [2.75, 3.05) is 11.4 Å². The van der Waals surface area contributed by atoms with Crippen LogP contribution in [0.3, 0.4) is 0 Å². The van der Waals surface area contributed by atoms with Crippen molar-refractivity contribution in [3.8, 4) is 0 Å². The average Bonchev–Trinajstić information content (AvgIpc) is 2.98. The summed E-state index contributed by atoms with van der Waals surface area (Å²) < 4.78 is 0. The number of nitrogens with zero attached hydrogens (tertiary/aromatic N) is 1. The molecule has 1 saturated heterocycles. The van der Waals surface area contributed by atoms with Gasteiger partial charge in [0.2, 0.25) is 11.8 Å². The standard InChI is InChI=1S/C20H20N2O3/c1-14(15-5-3-2-4-6-15)13-21-20(25)16-7-9-17(10-8-16)22-18(23)11-12-19(22)24/h2-10,14H,11-13H2,1H3,(H,21,25)/t14-/m1/s1. The molecule has 3 rings (SSSR count). The minimum atomic E-state index is -0.195. The van der Waals surface area contributed by atoms with Crippen LogP contribution < -0.4 is 10.2 Å². The number of nitrogens with one attached hydrogen (secondary N) is 1. The molecule has 0 bridgehead atoms. The Bertz CT molecular complexity index is 768. The Morgan fingerprint density at radius 1 is 1.00 bits per heavy atom. The van der Waals surface area contributed by atoms with Crippen LogP contribution in [0.2, 0.25) is 0 Å². The first-order chi connectivity index (χ1) is 12.1. The Morgan fingerprint density at radius 2 is 1.60 bits per heavy atom. The van der Waals surface area contributed by atoms with Crippen molar-refractivity contribution in [3.05, 3.63) is 65.7 Å².